The average molecular weight is 216 g/mol. The summed E-state index contributed by atoms with van der Waals surface area (Å²) >= 11 is 0. The van der Waals surface area contributed by atoms with Gasteiger partial charge in [-0.25, -0.2) is 9.97 Å². The highest BCUT2D eigenvalue weighted by atomic mass is 15.2. The molecule has 0 saturated carbocycles. The molecule has 1 aromatic rings. The smallest absolute Gasteiger partial charge is 0.185 e. The first-order chi connectivity index (χ1) is 7.51. The molecule has 0 fully saturated rings. The molecule has 1 heterocycles. The molecule has 0 aliphatic heterocycles. The van der Waals surface area contributed by atoms with Gasteiger partial charge in [0.05, 0.1) is 0 Å². The molecule has 6 nitrogen and oxygen atoms in total. The topological polar surface area (TPSA) is 79.8 Å². The van der Waals surface area contributed by atoms with Crippen LogP contribution in [0.3, 0.4) is 0 Å². The number of nitriles is 2. The molecule has 6 heteroatoms. The van der Waals surface area contributed by atoms with Gasteiger partial charge in [-0.15, -0.1) is 0 Å². The Bertz CT molecular complexity index is 432. The molecule has 0 spiro atoms. The van der Waals surface area contributed by atoms with Gasteiger partial charge >= 0.3 is 0 Å². The molecule has 0 radical (unpaired) electrons. The maximum atomic E-state index is 8.96. The molecule has 1 rings (SSSR count). The zero-order valence-electron chi connectivity index (χ0n) is 9.68. The minimum atomic E-state index is 0.215. The monoisotopic (exact) mass is 216 g/mol. The Hall–Kier alpha value is -2.34. The Morgan fingerprint density at radius 2 is 1.12 bits per heavy atom. The highest BCUT2D eigenvalue weighted by Crippen LogP contribution is 2.20. The first kappa shape index (κ1) is 11.7. The van der Waals surface area contributed by atoms with Crippen molar-refractivity contribution in [3.05, 3.63) is 11.4 Å². The Labute approximate surface area is 94.4 Å². The highest BCUT2D eigenvalue weighted by Gasteiger charge is 2.15. The molecule has 16 heavy (non-hydrogen) atoms. The van der Waals surface area contributed by atoms with Crippen molar-refractivity contribution in [2.45, 2.75) is 0 Å². The Morgan fingerprint density at radius 3 is 1.31 bits per heavy atom. The summed E-state index contributed by atoms with van der Waals surface area (Å²) in [5.41, 5.74) is 0.431. The van der Waals surface area contributed by atoms with Crippen LogP contribution in [0.2, 0.25) is 0 Å². The molecule has 82 valence electrons. The van der Waals surface area contributed by atoms with Crippen LogP contribution < -0.4 is 9.80 Å². The molecular formula is C10H12N6. The molecule has 0 bridgehead atoms. The van der Waals surface area contributed by atoms with Crippen molar-refractivity contribution < 1.29 is 0 Å². The van der Waals surface area contributed by atoms with E-state index in [1.165, 1.54) is 0 Å². The number of nitrogens with zero attached hydrogens (tertiary/aromatic N) is 6. The molecule has 0 aliphatic rings. The van der Waals surface area contributed by atoms with E-state index in [0.29, 0.717) is 11.6 Å². The standard InChI is InChI=1S/C10H12N6/c1-15(2)9-7(5-11)14-10(16(3)4)8(6-12)13-9/h1-4H3. The maximum Gasteiger partial charge on any atom is 0.185 e. The van der Waals surface area contributed by atoms with Crippen LogP contribution in [0.4, 0.5) is 11.6 Å². The van der Waals surface area contributed by atoms with Crippen LogP contribution in [0, 0.1) is 22.7 Å². The van der Waals surface area contributed by atoms with E-state index in [9.17, 15) is 0 Å². The fourth-order valence-electron chi connectivity index (χ4n) is 1.19. The number of aromatic nitrogens is 2. The fourth-order valence-corrected chi connectivity index (χ4v) is 1.19. The Balaban J connectivity index is 3.50. The van der Waals surface area contributed by atoms with Crippen LogP contribution >= 0.6 is 0 Å². The molecule has 0 aliphatic carbocycles. The van der Waals surface area contributed by atoms with Crippen molar-refractivity contribution in [3.8, 4) is 12.1 Å². The normalized spacial score (nSPS) is 9.12. The third kappa shape index (κ3) is 2.01. The minimum absolute atomic E-state index is 0.215. The van der Waals surface area contributed by atoms with Gasteiger partial charge in [-0.2, -0.15) is 10.5 Å². The fraction of sp³-hybridized carbons (Fsp3) is 0.400. The molecule has 0 unspecified atom stereocenters. The zero-order chi connectivity index (χ0) is 12.3. The molecule has 0 amide bonds. The summed E-state index contributed by atoms with van der Waals surface area (Å²) in [6, 6.07) is 3.94. The van der Waals surface area contributed by atoms with Crippen LogP contribution in [0.5, 0.6) is 0 Å². The Morgan fingerprint density at radius 1 is 0.812 bits per heavy atom. The van der Waals surface area contributed by atoms with Crippen LogP contribution in [-0.2, 0) is 0 Å². The lowest BCUT2D eigenvalue weighted by Crippen LogP contribution is -2.19. The van der Waals surface area contributed by atoms with Gasteiger partial charge in [-0.1, -0.05) is 0 Å². The van der Waals surface area contributed by atoms with Gasteiger partial charge in [0, 0.05) is 28.2 Å². The predicted molar refractivity (Wildman–Crippen MR) is 60.1 cm³/mol. The van der Waals surface area contributed by atoms with Gasteiger partial charge < -0.3 is 9.80 Å². The maximum absolute atomic E-state index is 8.96. The van der Waals surface area contributed by atoms with E-state index in [1.807, 2.05) is 12.1 Å². The number of rotatable bonds is 2. The summed E-state index contributed by atoms with van der Waals surface area (Å²) in [5, 5.41) is 17.9. The van der Waals surface area contributed by atoms with E-state index in [2.05, 4.69) is 9.97 Å². The van der Waals surface area contributed by atoms with Crippen molar-refractivity contribution in [3.63, 3.8) is 0 Å². The van der Waals surface area contributed by atoms with Crippen LogP contribution in [0.25, 0.3) is 0 Å². The van der Waals surface area contributed by atoms with Gasteiger partial charge in [-0.3, -0.25) is 0 Å². The van der Waals surface area contributed by atoms with E-state index in [-0.39, 0.29) is 11.4 Å². The molecule has 1 aromatic heterocycles. The lowest BCUT2D eigenvalue weighted by atomic mass is 10.3. The van der Waals surface area contributed by atoms with E-state index in [4.69, 9.17) is 10.5 Å². The zero-order valence-corrected chi connectivity index (χ0v) is 9.68. The van der Waals surface area contributed by atoms with Crippen molar-refractivity contribution in [1.82, 2.24) is 9.97 Å². The van der Waals surface area contributed by atoms with Crippen molar-refractivity contribution >= 4 is 11.6 Å². The lowest BCUT2D eigenvalue weighted by molar-refractivity contribution is 0.975. The van der Waals surface area contributed by atoms with Gasteiger partial charge in [0.25, 0.3) is 0 Å². The number of anilines is 2. The third-order valence-electron chi connectivity index (χ3n) is 1.92. The van der Waals surface area contributed by atoms with Crippen LogP contribution in [-0.4, -0.2) is 38.2 Å². The number of hydrogen-bond acceptors (Lipinski definition) is 6. The quantitative estimate of drug-likeness (QED) is 0.709. The van der Waals surface area contributed by atoms with Crippen LogP contribution in [0.1, 0.15) is 11.4 Å². The summed E-state index contributed by atoms with van der Waals surface area (Å²) in [4.78, 5) is 11.6. The van der Waals surface area contributed by atoms with Crippen LogP contribution in [0.15, 0.2) is 0 Å². The van der Waals surface area contributed by atoms with Gasteiger partial charge in [-0.05, 0) is 0 Å². The molecule has 0 saturated heterocycles. The van der Waals surface area contributed by atoms with Gasteiger partial charge in [0.15, 0.2) is 23.0 Å². The molecule has 0 N–H and O–H groups in total. The van der Waals surface area contributed by atoms with Crippen molar-refractivity contribution in [2.24, 2.45) is 0 Å². The average Bonchev–Trinajstić information content (AvgIpc) is 2.26. The summed E-state index contributed by atoms with van der Waals surface area (Å²) in [6.07, 6.45) is 0. The van der Waals surface area contributed by atoms with E-state index >= 15 is 0 Å². The first-order valence-corrected chi connectivity index (χ1v) is 4.58. The first-order valence-electron chi connectivity index (χ1n) is 4.58. The molecule has 0 aromatic carbocycles. The van der Waals surface area contributed by atoms with Gasteiger partial charge in [0.2, 0.25) is 0 Å². The summed E-state index contributed by atoms with van der Waals surface area (Å²) < 4.78 is 0. The van der Waals surface area contributed by atoms with Crippen molar-refractivity contribution in [2.75, 3.05) is 38.0 Å². The molecular weight excluding hydrogens is 204 g/mol. The number of hydrogen-bond donors (Lipinski definition) is 0. The summed E-state index contributed by atoms with van der Waals surface area (Å²) in [7, 11) is 7.01. The second-order valence-corrected chi connectivity index (χ2v) is 3.58. The highest BCUT2D eigenvalue weighted by molar-refractivity contribution is 5.59. The lowest BCUT2D eigenvalue weighted by Gasteiger charge is -2.17. The third-order valence-corrected chi connectivity index (χ3v) is 1.92. The molecule has 0 atom stereocenters. The Kier molecular flexibility index (Phi) is 3.27. The summed E-state index contributed by atoms with van der Waals surface area (Å²) in [6.45, 7) is 0. The van der Waals surface area contributed by atoms with E-state index < -0.39 is 0 Å². The van der Waals surface area contributed by atoms with E-state index in [1.54, 1.807) is 38.0 Å². The predicted octanol–water partition coefficient (Wildman–Crippen LogP) is 0.352. The van der Waals surface area contributed by atoms with Crippen molar-refractivity contribution in [1.29, 1.82) is 10.5 Å². The minimum Gasteiger partial charge on any atom is -0.360 e. The second kappa shape index (κ2) is 4.45. The summed E-state index contributed by atoms with van der Waals surface area (Å²) in [5.74, 6) is 0.814. The second-order valence-electron chi connectivity index (χ2n) is 3.58. The van der Waals surface area contributed by atoms with Gasteiger partial charge in [0.1, 0.15) is 12.1 Å². The largest absolute Gasteiger partial charge is 0.360 e. The van der Waals surface area contributed by atoms with E-state index in [0.717, 1.165) is 0 Å². The SMILES string of the molecule is CN(C)c1nc(C#N)c(N(C)C)nc1C#N.